The number of hydrogen-bond donors (Lipinski definition) is 2. The molecule has 4 heteroatoms. The van der Waals surface area contributed by atoms with Crippen LogP contribution in [-0.4, -0.2) is 35.9 Å². The monoisotopic (exact) mass is 265 g/mol. The van der Waals surface area contributed by atoms with Crippen molar-refractivity contribution in [2.45, 2.75) is 32.6 Å². The van der Waals surface area contributed by atoms with Gasteiger partial charge in [-0.25, -0.2) is 0 Å². The highest BCUT2D eigenvalue weighted by Crippen LogP contribution is 2.20. The number of aliphatic hydroxyl groups excluding tert-OH is 1. The van der Waals surface area contributed by atoms with Crippen molar-refractivity contribution in [2.75, 3.05) is 24.6 Å². The molecule has 0 fully saturated rings. The molecule has 2 N–H and O–H groups in total. The summed E-state index contributed by atoms with van der Waals surface area (Å²) in [5.41, 5.74) is 2.27. The molecule has 0 saturated heterocycles. The van der Waals surface area contributed by atoms with E-state index in [0.717, 1.165) is 37.1 Å². The van der Waals surface area contributed by atoms with E-state index in [4.69, 9.17) is 10.2 Å². The second-order valence-corrected chi connectivity index (χ2v) is 4.70. The Morgan fingerprint density at radius 2 is 1.89 bits per heavy atom. The van der Waals surface area contributed by atoms with Gasteiger partial charge in [0.1, 0.15) is 0 Å². The molecule has 1 rings (SSSR count). The van der Waals surface area contributed by atoms with Crippen molar-refractivity contribution in [2.24, 2.45) is 0 Å². The number of aryl methyl sites for hydroxylation is 1. The van der Waals surface area contributed by atoms with Gasteiger partial charge in [-0.1, -0.05) is 18.2 Å². The van der Waals surface area contributed by atoms with Gasteiger partial charge < -0.3 is 15.1 Å². The number of carbonyl (C=O) groups is 1. The second kappa shape index (κ2) is 8.53. The minimum Gasteiger partial charge on any atom is -0.481 e. The summed E-state index contributed by atoms with van der Waals surface area (Å²) < 4.78 is 0. The summed E-state index contributed by atoms with van der Waals surface area (Å²) in [5, 5.41) is 17.6. The van der Waals surface area contributed by atoms with Gasteiger partial charge in [0, 0.05) is 25.4 Å². The highest BCUT2D eigenvalue weighted by Gasteiger charge is 2.10. The molecule has 0 spiro atoms. The van der Waals surface area contributed by atoms with Gasteiger partial charge >= 0.3 is 5.97 Å². The Labute approximate surface area is 114 Å². The van der Waals surface area contributed by atoms with Crippen LogP contribution in [0, 0.1) is 6.92 Å². The first kappa shape index (κ1) is 15.5. The molecule has 1 aromatic rings. The van der Waals surface area contributed by atoms with Crippen LogP contribution in [0.4, 0.5) is 5.69 Å². The lowest BCUT2D eigenvalue weighted by atomic mass is 10.1. The number of hydrogen-bond acceptors (Lipinski definition) is 3. The zero-order chi connectivity index (χ0) is 14.1. The van der Waals surface area contributed by atoms with E-state index in [2.05, 4.69) is 4.90 Å². The van der Waals surface area contributed by atoms with Crippen LogP contribution in [-0.2, 0) is 4.79 Å². The van der Waals surface area contributed by atoms with Crippen LogP contribution < -0.4 is 4.90 Å². The number of carboxylic acid groups (broad SMARTS) is 1. The largest absolute Gasteiger partial charge is 0.481 e. The van der Waals surface area contributed by atoms with Crippen molar-refractivity contribution < 1.29 is 15.0 Å². The van der Waals surface area contributed by atoms with E-state index in [1.54, 1.807) is 0 Å². The standard InChI is InChI=1S/C15H23NO3/c1-13-7-3-4-8-14(13)16(11-9-15(18)19)10-5-2-6-12-17/h3-4,7-8,17H,2,5-6,9-12H2,1H3,(H,18,19). The van der Waals surface area contributed by atoms with Crippen LogP contribution in [0.5, 0.6) is 0 Å². The molecule has 0 saturated carbocycles. The fourth-order valence-corrected chi connectivity index (χ4v) is 2.09. The van der Waals surface area contributed by atoms with E-state index in [-0.39, 0.29) is 13.0 Å². The van der Waals surface area contributed by atoms with Crippen molar-refractivity contribution in [1.29, 1.82) is 0 Å². The molecule has 0 aliphatic carbocycles. The first-order chi connectivity index (χ1) is 9.15. The first-order valence-corrected chi connectivity index (χ1v) is 6.78. The van der Waals surface area contributed by atoms with Gasteiger partial charge in [0.05, 0.1) is 6.42 Å². The Kier molecular flexibility index (Phi) is 6.97. The quantitative estimate of drug-likeness (QED) is 0.673. The molecular formula is C15H23NO3. The minimum absolute atomic E-state index is 0.147. The number of rotatable bonds is 9. The maximum Gasteiger partial charge on any atom is 0.305 e. The Bertz CT molecular complexity index is 393. The molecule has 0 aliphatic heterocycles. The summed E-state index contributed by atoms with van der Waals surface area (Å²) in [6, 6.07) is 8.03. The molecule has 0 amide bonds. The zero-order valence-electron chi connectivity index (χ0n) is 11.5. The molecule has 0 aliphatic rings. The number of para-hydroxylation sites is 1. The average Bonchev–Trinajstić information content (AvgIpc) is 2.39. The Morgan fingerprint density at radius 1 is 1.16 bits per heavy atom. The first-order valence-electron chi connectivity index (χ1n) is 6.78. The predicted octanol–water partition coefficient (Wildman–Crippen LogP) is 2.44. The number of benzene rings is 1. The smallest absolute Gasteiger partial charge is 0.305 e. The number of carboxylic acids is 1. The van der Waals surface area contributed by atoms with Crippen molar-refractivity contribution in [3.63, 3.8) is 0 Å². The lowest BCUT2D eigenvalue weighted by Crippen LogP contribution is -2.28. The zero-order valence-corrected chi connectivity index (χ0v) is 11.5. The predicted molar refractivity (Wildman–Crippen MR) is 76.6 cm³/mol. The van der Waals surface area contributed by atoms with Crippen LogP contribution in [0.2, 0.25) is 0 Å². The number of unbranched alkanes of at least 4 members (excludes halogenated alkanes) is 2. The van der Waals surface area contributed by atoms with Crippen molar-refractivity contribution in [3.8, 4) is 0 Å². The molecule has 106 valence electrons. The summed E-state index contributed by atoms with van der Waals surface area (Å²) in [5.74, 6) is -0.769. The van der Waals surface area contributed by atoms with Crippen LogP contribution in [0.1, 0.15) is 31.2 Å². The summed E-state index contributed by atoms with van der Waals surface area (Å²) >= 11 is 0. The second-order valence-electron chi connectivity index (χ2n) is 4.70. The van der Waals surface area contributed by atoms with Crippen molar-refractivity contribution in [3.05, 3.63) is 29.8 Å². The van der Waals surface area contributed by atoms with Crippen LogP contribution >= 0.6 is 0 Å². The summed E-state index contributed by atoms with van der Waals surface area (Å²) in [7, 11) is 0. The van der Waals surface area contributed by atoms with E-state index >= 15 is 0 Å². The molecule has 0 aromatic heterocycles. The van der Waals surface area contributed by atoms with Crippen LogP contribution in [0.3, 0.4) is 0 Å². The van der Waals surface area contributed by atoms with Gasteiger partial charge in [-0.05, 0) is 37.8 Å². The molecule has 1 aromatic carbocycles. The van der Waals surface area contributed by atoms with E-state index in [1.165, 1.54) is 0 Å². The highest BCUT2D eigenvalue weighted by atomic mass is 16.4. The van der Waals surface area contributed by atoms with E-state index in [0.29, 0.717) is 6.54 Å². The third kappa shape index (κ3) is 5.75. The lowest BCUT2D eigenvalue weighted by molar-refractivity contribution is -0.136. The number of aliphatic hydroxyl groups is 1. The van der Waals surface area contributed by atoms with E-state index in [9.17, 15) is 4.79 Å². The van der Waals surface area contributed by atoms with E-state index < -0.39 is 5.97 Å². The number of anilines is 1. The fraction of sp³-hybridized carbons (Fsp3) is 0.533. The average molecular weight is 265 g/mol. The van der Waals surface area contributed by atoms with Gasteiger partial charge in [-0.2, -0.15) is 0 Å². The Morgan fingerprint density at radius 3 is 2.53 bits per heavy atom. The van der Waals surface area contributed by atoms with Gasteiger partial charge in [0.25, 0.3) is 0 Å². The molecule has 0 unspecified atom stereocenters. The molecule has 19 heavy (non-hydrogen) atoms. The van der Waals surface area contributed by atoms with E-state index in [1.807, 2.05) is 31.2 Å². The highest BCUT2D eigenvalue weighted by molar-refractivity contribution is 5.68. The van der Waals surface area contributed by atoms with Crippen LogP contribution in [0.15, 0.2) is 24.3 Å². The summed E-state index contributed by atoms with van der Waals surface area (Å²) in [6.45, 7) is 3.62. The molecule has 0 atom stereocenters. The molecule has 0 heterocycles. The maximum atomic E-state index is 10.7. The van der Waals surface area contributed by atoms with Crippen molar-refractivity contribution >= 4 is 11.7 Å². The van der Waals surface area contributed by atoms with Gasteiger partial charge in [0.2, 0.25) is 0 Å². The summed E-state index contributed by atoms with van der Waals surface area (Å²) in [4.78, 5) is 12.9. The Balaban J connectivity index is 2.63. The minimum atomic E-state index is -0.769. The van der Waals surface area contributed by atoms with Gasteiger partial charge in [-0.15, -0.1) is 0 Å². The third-order valence-corrected chi connectivity index (χ3v) is 3.14. The Hall–Kier alpha value is -1.55. The SMILES string of the molecule is Cc1ccccc1N(CCCCCO)CCC(=O)O. The maximum absolute atomic E-state index is 10.7. The van der Waals surface area contributed by atoms with Gasteiger partial charge in [0.15, 0.2) is 0 Å². The fourth-order valence-electron chi connectivity index (χ4n) is 2.09. The van der Waals surface area contributed by atoms with Gasteiger partial charge in [-0.3, -0.25) is 4.79 Å². The lowest BCUT2D eigenvalue weighted by Gasteiger charge is -2.26. The normalized spacial score (nSPS) is 10.4. The molecule has 0 radical (unpaired) electrons. The third-order valence-electron chi connectivity index (χ3n) is 3.14. The number of nitrogens with zero attached hydrogens (tertiary/aromatic N) is 1. The molecule has 4 nitrogen and oxygen atoms in total. The number of aliphatic carboxylic acids is 1. The summed E-state index contributed by atoms with van der Waals surface area (Å²) in [6.07, 6.45) is 2.88. The molecular weight excluding hydrogens is 242 g/mol. The molecule has 0 bridgehead atoms. The topological polar surface area (TPSA) is 60.8 Å². The van der Waals surface area contributed by atoms with Crippen LogP contribution in [0.25, 0.3) is 0 Å². The van der Waals surface area contributed by atoms with Crippen molar-refractivity contribution in [1.82, 2.24) is 0 Å².